The molecule has 0 aliphatic carbocycles. The number of halogens is 2. The summed E-state index contributed by atoms with van der Waals surface area (Å²) in [5.74, 6) is 0.403. The molecule has 0 aliphatic rings. The molecule has 1 heterocycles. The van der Waals surface area contributed by atoms with Crippen LogP contribution in [0, 0.1) is 5.41 Å². The van der Waals surface area contributed by atoms with Crippen LogP contribution in [0.5, 0.6) is 5.88 Å². The summed E-state index contributed by atoms with van der Waals surface area (Å²) in [4.78, 5) is 4.02. The van der Waals surface area contributed by atoms with Crippen LogP contribution in [-0.4, -0.2) is 18.1 Å². The normalized spacial score (nSPS) is 13.5. The molecule has 1 aromatic heterocycles. The van der Waals surface area contributed by atoms with Crippen LogP contribution in [0.2, 0.25) is 10.0 Å². The average molecular weight is 291 g/mol. The zero-order valence-corrected chi connectivity index (χ0v) is 12.8. The predicted octanol–water partition coefficient (Wildman–Crippen LogP) is 3.70. The van der Waals surface area contributed by atoms with Gasteiger partial charge >= 0.3 is 0 Å². The van der Waals surface area contributed by atoms with E-state index < -0.39 is 0 Å². The molecule has 2 N–H and O–H groups in total. The van der Waals surface area contributed by atoms with E-state index in [4.69, 9.17) is 33.7 Å². The number of ether oxygens (including phenoxy) is 1. The van der Waals surface area contributed by atoms with Gasteiger partial charge in [-0.05, 0) is 23.8 Å². The van der Waals surface area contributed by atoms with E-state index in [-0.39, 0.29) is 11.5 Å². The molecule has 102 valence electrons. The summed E-state index contributed by atoms with van der Waals surface area (Å²) in [5, 5.41) is 1.04. The van der Waals surface area contributed by atoms with Gasteiger partial charge in [-0.15, -0.1) is 0 Å². The van der Waals surface area contributed by atoms with E-state index in [9.17, 15) is 0 Å². The summed E-state index contributed by atoms with van der Waals surface area (Å²) in [5.41, 5.74) is 7.05. The van der Waals surface area contributed by atoms with E-state index in [2.05, 4.69) is 25.8 Å². The third kappa shape index (κ3) is 3.74. The first-order valence-electron chi connectivity index (χ1n) is 5.89. The van der Waals surface area contributed by atoms with E-state index in [1.54, 1.807) is 6.20 Å². The van der Waals surface area contributed by atoms with Gasteiger partial charge in [0.15, 0.2) is 0 Å². The number of methoxy groups -OCH3 is 1. The number of rotatable bonds is 4. The maximum Gasteiger partial charge on any atom is 0.232 e. The molecule has 0 aromatic carbocycles. The van der Waals surface area contributed by atoms with Crippen molar-refractivity contribution in [3.05, 3.63) is 21.8 Å². The lowest BCUT2D eigenvalue weighted by Crippen LogP contribution is -2.35. The third-order valence-electron chi connectivity index (χ3n) is 3.05. The second-order valence-electron chi connectivity index (χ2n) is 5.42. The first kappa shape index (κ1) is 15.5. The fourth-order valence-corrected chi connectivity index (χ4v) is 2.20. The molecule has 0 bridgehead atoms. The Hall–Kier alpha value is -0.510. The van der Waals surface area contributed by atoms with E-state index in [1.807, 2.05) is 0 Å². The van der Waals surface area contributed by atoms with Crippen LogP contribution in [0.1, 0.15) is 32.8 Å². The minimum Gasteiger partial charge on any atom is -0.480 e. The minimum atomic E-state index is 0.0655. The lowest BCUT2D eigenvalue weighted by molar-refractivity contribution is 0.306. The highest BCUT2D eigenvalue weighted by Gasteiger charge is 2.21. The van der Waals surface area contributed by atoms with Crippen LogP contribution in [-0.2, 0) is 6.42 Å². The molecule has 0 saturated carbocycles. The molecule has 1 rings (SSSR count). The highest BCUT2D eigenvalue weighted by Crippen LogP contribution is 2.33. The molecule has 1 atom stereocenters. The first-order chi connectivity index (χ1) is 8.27. The Morgan fingerprint density at radius 1 is 1.39 bits per heavy atom. The molecule has 0 amide bonds. The Balaban J connectivity index is 2.85. The number of nitrogens with zero attached hydrogens (tertiary/aromatic N) is 1. The quantitative estimate of drug-likeness (QED) is 0.920. The highest BCUT2D eigenvalue weighted by molar-refractivity contribution is 6.36. The lowest BCUT2D eigenvalue weighted by atomic mass is 9.84. The van der Waals surface area contributed by atoms with Gasteiger partial charge in [0.1, 0.15) is 5.02 Å². The van der Waals surface area contributed by atoms with Gasteiger partial charge in [-0.2, -0.15) is 0 Å². The second kappa shape index (κ2) is 6.09. The van der Waals surface area contributed by atoms with Crippen molar-refractivity contribution < 1.29 is 4.74 Å². The Kier molecular flexibility index (Phi) is 5.26. The summed E-state index contributed by atoms with van der Waals surface area (Å²) >= 11 is 12.3. The molecule has 1 aromatic rings. The van der Waals surface area contributed by atoms with Crippen molar-refractivity contribution in [2.24, 2.45) is 11.1 Å². The van der Waals surface area contributed by atoms with Crippen LogP contribution in [0.4, 0.5) is 0 Å². The third-order valence-corrected chi connectivity index (χ3v) is 3.76. The summed E-state index contributed by atoms with van der Waals surface area (Å²) in [6.45, 7) is 6.36. The van der Waals surface area contributed by atoms with Crippen molar-refractivity contribution in [1.29, 1.82) is 0 Å². The number of aromatic nitrogens is 1. The molecule has 0 spiro atoms. The molecule has 0 saturated heterocycles. The maximum absolute atomic E-state index is 6.20. The maximum atomic E-state index is 6.20. The topological polar surface area (TPSA) is 48.1 Å². The summed E-state index contributed by atoms with van der Waals surface area (Å²) in [6.07, 6.45) is 3.09. The van der Waals surface area contributed by atoms with Gasteiger partial charge in [0.05, 0.1) is 12.1 Å². The fraction of sp³-hybridized carbons (Fsp3) is 0.615. The predicted molar refractivity (Wildman–Crippen MR) is 76.6 cm³/mol. The van der Waals surface area contributed by atoms with Gasteiger partial charge in [-0.25, -0.2) is 4.98 Å². The van der Waals surface area contributed by atoms with E-state index in [1.165, 1.54) is 7.11 Å². The van der Waals surface area contributed by atoms with E-state index in [0.29, 0.717) is 15.9 Å². The Labute approximate surface area is 119 Å². The van der Waals surface area contributed by atoms with Gasteiger partial charge in [0.25, 0.3) is 0 Å². The smallest absolute Gasteiger partial charge is 0.232 e. The molecule has 3 nitrogen and oxygen atoms in total. The average Bonchev–Trinajstić information content (AvgIpc) is 2.27. The molecule has 1 unspecified atom stereocenters. The van der Waals surface area contributed by atoms with Crippen molar-refractivity contribution in [2.75, 3.05) is 7.11 Å². The number of hydrogen-bond acceptors (Lipinski definition) is 3. The van der Waals surface area contributed by atoms with Crippen LogP contribution in [0.25, 0.3) is 0 Å². The highest BCUT2D eigenvalue weighted by atomic mass is 35.5. The SMILES string of the molecule is COc1ncc(Cl)c(CCC(N)C(C)(C)C)c1Cl. The zero-order valence-electron chi connectivity index (χ0n) is 11.3. The summed E-state index contributed by atoms with van der Waals surface area (Å²) < 4.78 is 5.08. The molecular weight excluding hydrogens is 271 g/mol. The van der Waals surface area contributed by atoms with Gasteiger partial charge in [-0.3, -0.25) is 0 Å². The summed E-state index contributed by atoms with van der Waals surface area (Å²) in [6, 6.07) is 0.0868. The zero-order chi connectivity index (χ0) is 13.9. The van der Waals surface area contributed by atoms with Crippen molar-refractivity contribution >= 4 is 23.2 Å². The van der Waals surface area contributed by atoms with Crippen LogP contribution in [0.3, 0.4) is 0 Å². The van der Waals surface area contributed by atoms with Gasteiger partial charge in [-0.1, -0.05) is 44.0 Å². The second-order valence-corrected chi connectivity index (χ2v) is 6.20. The van der Waals surface area contributed by atoms with Crippen LogP contribution >= 0.6 is 23.2 Å². The van der Waals surface area contributed by atoms with E-state index in [0.717, 1.165) is 18.4 Å². The van der Waals surface area contributed by atoms with Crippen molar-refractivity contribution in [1.82, 2.24) is 4.98 Å². The summed E-state index contributed by atoms with van der Waals surface area (Å²) in [7, 11) is 1.53. The van der Waals surface area contributed by atoms with Gasteiger partial charge < -0.3 is 10.5 Å². The molecule has 5 heteroatoms. The first-order valence-corrected chi connectivity index (χ1v) is 6.65. The molecule has 0 fully saturated rings. The van der Waals surface area contributed by atoms with Crippen molar-refractivity contribution in [2.45, 2.75) is 39.7 Å². The molecular formula is C13H20Cl2N2O. The molecule has 0 aliphatic heterocycles. The Morgan fingerprint density at radius 3 is 2.50 bits per heavy atom. The van der Waals surface area contributed by atoms with Gasteiger partial charge in [0.2, 0.25) is 5.88 Å². The molecule has 0 radical (unpaired) electrons. The lowest BCUT2D eigenvalue weighted by Gasteiger charge is -2.27. The van der Waals surface area contributed by atoms with Crippen molar-refractivity contribution in [3.63, 3.8) is 0 Å². The largest absolute Gasteiger partial charge is 0.480 e. The van der Waals surface area contributed by atoms with E-state index >= 15 is 0 Å². The van der Waals surface area contributed by atoms with Gasteiger partial charge in [0, 0.05) is 12.2 Å². The fourth-order valence-electron chi connectivity index (χ4n) is 1.59. The Bertz CT molecular complexity index is 416. The number of pyridine rings is 1. The monoisotopic (exact) mass is 290 g/mol. The Morgan fingerprint density at radius 2 is 2.00 bits per heavy atom. The molecule has 18 heavy (non-hydrogen) atoms. The van der Waals surface area contributed by atoms with Crippen LogP contribution in [0.15, 0.2) is 6.20 Å². The van der Waals surface area contributed by atoms with Crippen LogP contribution < -0.4 is 10.5 Å². The standard InChI is InChI=1S/C13H20Cl2N2O/c1-13(2,3)10(16)6-5-8-9(14)7-17-12(18-4)11(8)15/h7,10H,5-6,16H2,1-4H3. The number of nitrogens with two attached hydrogens (primary N) is 1. The minimum absolute atomic E-state index is 0.0655. The number of hydrogen-bond donors (Lipinski definition) is 1. The van der Waals surface area contributed by atoms with Crippen molar-refractivity contribution in [3.8, 4) is 5.88 Å².